The number of hydrogen-bond donors (Lipinski definition) is 2. The van der Waals surface area contributed by atoms with Crippen molar-refractivity contribution in [1.82, 2.24) is 20.5 Å². The normalized spacial score (nSPS) is 17.1. The van der Waals surface area contributed by atoms with E-state index in [1.807, 2.05) is 24.4 Å². The molecule has 3 heterocycles. The molecular weight excluding hydrogens is 364 g/mol. The summed E-state index contributed by atoms with van der Waals surface area (Å²) in [5.41, 5.74) is 0.705. The van der Waals surface area contributed by atoms with Crippen molar-refractivity contribution >= 4 is 23.2 Å². The second-order valence-corrected chi connectivity index (χ2v) is 7.35. The summed E-state index contributed by atoms with van der Waals surface area (Å²) in [5, 5.41) is 7.49. The fourth-order valence-electron chi connectivity index (χ4n) is 3.16. The number of aromatic nitrogens is 1. The predicted molar refractivity (Wildman–Crippen MR) is 103 cm³/mol. The molecular formula is C19H24N4O3S. The number of rotatable bonds is 6. The summed E-state index contributed by atoms with van der Waals surface area (Å²) < 4.78 is 5.44. The number of nitrogens with zero attached hydrogens (tertiary/aromatic N) is 2. The Balaban J connectivity index is 1.59. The van der Waals surface area contributed by atoms with Crippen LogP contribution in [0.5, 0.6) is 0 Å². The van der Waals surface area contributed by atoms with Crippen LogP contribution in [0.4, 0.5) is 0 Å². The van der Waals surface area contributed by atoms with E-state index < -0.39 is 11.8 Å². The molecule has 1 aliphatic heterocycles. The molecule has 0 radical (unpaired) electrons. The van der Waals surface area contributed by atoms with Crippen LogP contribution in [0.3, 0.4) is 0 Å². The molecule has 2 aromatic heterocycles. The van der Waals surface area contributed by atoms with Gasteiger partial charge in [-0.15, -0.1) is 11.3 Å². The van der Waals surface area contributed by atoms with Crippen molar-refractivity contribution in [2.75, 3.05) is 26.3 Å². The van der Waals surface area contributed by atoms with Gasteiger partial charge in [-0.05, 0) is 30.5 Å². The molecule has 2 unspecified atom stereocenters. The van der Waals surface area contributed by atoms with E-state index in [2.05, 4.69) is 26.6 Å². The van der Waals surface area contributed by atoms with Gasteiger partial charge >= 0.3 is 11.8 Å². The summed E-state index contributed by atoms with van der Waals surface area (Å²) in [7, 11) is 0. The number of hydrogen-bond acceptors (Lipinski definition) is 6. The van der Waals surface area contributed by atoms with E-state index in [1.165, 1.54) is 4.88 Å². The number of pyridine rings is 1. The molecule has 1 fully saturated rings. The maximum absolute atomic E-state index is 12.3. The molecule has 7 nitrogen and oxygen atoms in total. The molecule has 2 amide bonds. The smallest absolute Gasteiger partial charge is 0.309 e. The van der Waals surface area contributed by atoms with Crippen LogP contribution in [-0.2, 0) is 20.9 Å². The molecule has 0 aromatic carbocycles. The highest BCUT2D eigenvalue weighted by Gasteiger charge is 2.30. The highest BCUT2D eigenvalue weighted by molar-refractivity contribution is 7.10. The van der Waals surface area contributed by atoms with Crippen LogP contribution >= 0.6 is 11.3 Å². The SMILES string of the molecule is CC(NC(=O)C(=O)NCc1ccccn1)C(c1cccs1)N1CCOCC1. The highest BCUT2D eigenvalue weighted by Crippen LogP contribution is 2.29. The Morgan fingerprint density at radius 1 is 1.22 bits per heavy atom. The zero-order valence-corrected chi connectivity index (χ0v) is 16.1. The first kappa shape index (κ1) is 19.5. The molecule has 1 saturated heterocycles. The van der Waals surface area contributed by atoms with Crippen molar-refractivity contribution in [3.63, 3.8) is 0 Å². The zero-order valence-electron chi connectivity index (χ0n) is 15.3. The summed E-state index contributed by atoms with van der Waals surface area (Å²) in [6.45, 7) is 5.10. The van der Waals surface area contributed by atoms with Crippen LogP contribution in [-0.4, -0.2) is 54.0 Å². The molecule has 2 atom stereocenters. The molecule has 0 saturated carbocycles. The number of morpholine rings is 1. The molecule has 144 valence electrons. The number of thiophene rings is 1. The Bertz CT molecular complexity index is 733. The number of ether oxygens (including phenoxy) is 1. The van der Waals surface area contributed by atoms with Gasteiger partial charge in [0.25, 0.3) is 0 Å². The molecule has 0 bridgehead atoms. The first-order chi connectivity index (χ1) is 13.1. The minimum Gasteiger partial charge on any atom is -0.379 e. The van der Waals surface area contributed by atoms with Crippen LogP contribution in [0, 0.1) is 0 Å². The van der Waals surface area contributed by atoms with Gasteiger partial charge in [0.2, 0.25) is 0 Å². The third-order valence-corrected chi connectivity index (χ3v) is 5.41. The van der Waals surface area contributed by atoms with E-state index in [9.17, 15) is 9.59 Å². The molecule has 2 N–H and O–H groups in total. The third-order valence-electron chi connectivity index (χ3n) is 4.47. The fourth-order valence-corrected chi connectivity index (χ4v) is 4.13. The van der Waals surface area contributed by atoms with E-state index in [0.717, 1.165) is 13.1 Å². The van der Waals surface area contributed by atoms with Gasteiger partial charge in [-0.2, -0.15) is 0 Å². The maximum Gasteiger partial charge on any atom is 0.309 e. The molecule has 3 rings (SSSR count). The van der Waals surface area contributed by atoms with E-state index in [0.29, 0.717) is 18.9 Å². The van der Waals surface area contributed by atoms with Gasteiger partial charge in [-0.3, -0.25) is 19.5 Å². The third kappa shape index (κ3) is 5.35. The Morgan fingerprint density at radius 3 is 2.70 bits per heavy atom. The van der Waals surface area contributed by atoms with Gasteiger partial charge in [-0.1, -0.05) is 12.1 Å². The number of carbonyl (C=O) groups is 2. The van der Waals surface area contributed by atoms with Crippen molar-refractivity contribution < 1.29 is 14.3 Å². The van der Waals surface area contributed by atoms with Crippen molar-refractivity contribution in [1.29, 1.82) is 0 Å². The average molecular weight is 388 g/mol. The molecule has 0 aliphatic carbocycles. The van der Waals surface area contributed by atoms with E-state index in [1.54, 1.807) is 29.7 Å². The van der Waals surface area contributed by atoms with Crippen LogP contribution in [0.25, 0.3) is 0 Å². The van der Waals surface area contributed by atoms with Gasteiger partial charge in [0.15, 0.2) is 0 Å². The molecule has 27 heavy (non-hydrogen) atoms. The quantitative estimate of drug-likeness (QED) is 0.730. The number of amides is 2. The van der Waals surface area contributed by atoms with Gasteiger partial charge in [-0.25, -0.2) is 0 Å². The molecule has 2 aromatic rings. The van der Waals surface area contributed by atoms with E-state index in [4.69, 9.17) is 4.74 Å². The monoisotopic (exact) mass is 388 g/mol. The van der Waals surface area contributed by atoms with Gasteiger partial charge in [0.05, 0.1) is 31.5 Å². The fraction of sp³-hybridized carbons (Fsp3) is 0.421. The Morgan fingerprint density at radius 2 is 2.04 bits per heavy atom. The largest absolute Gasteiger partial charge is 0.379 e. The first-order valence-corrected chi connectivity index (χ1v) is 9.87. The summed E-state index contributed by atoms with van der Waals surface area (Å²) >= 11 is 1.65. The Hall–Kier alpha value is -2.29. The highest BCUT2D eigenvalue weighted by atomic mass is 32.1. The lowest BCUT2D eigenvalue weighted by molar-refractivity contribution is -0.140. The summed E-state index contributed by atoms with van der Waals surface area (Å²) in [5.74, 6) is -1.28. The maximum atomic E-state index is 12.3. The van der Waals surface area contributed by atoms with Crippen molar-refractivity contribution in [3.8, 4) is 0 Å². The Kier molecular flexibility index (Phi) is 6.92. The van der Waals surface area contributed by atoms with E-state index in [-0.39, 0.29) is 18.6 Å². The van der Waals surface area contributed by atoms with Crippen LogP contribution < -0.4 is 10.6 Å². The second-order valence-electron chi connectivity index (χ2n) is 6.37. The lowest BCUT2D eigenvalue weighted by atomic mass is 10.1. The van der Waals surface area contributed by atoms with Crippen molar-refractivity contribution in [2.45, 2.75) is 25.6 Å². The zero-order chi connectivity index (χ0) is 19.1. The lowest BCUT2D eigenvalue weighted by Crippen LogP contribution is -2.51. The summed E-state index contributed by atoms with van der Waals surface area (Å²) in [6, 6.07) is 9.30. The first-order valence-electron chi connectivity index (χ1n) is 8.99. The predicted octanol–water partition coefficient (Wildman–Crippen LogP) is 1.34. The summed E-state index contributed by atoms with van der Waals surface area (Å²) in [6.07, 6.45) is 1.65. The molecule has 0 spiro atoms. The lowest BCUT2D eigenvalue weighted by Gasteiger charge is -2.37. The second kappa shape index (κ2) is 9.59. The van der Waals surface area contributed by atoms with Gasteiger partial charge in [0, 0.05) is 30.2 Å². The number of nitrogens with one attached hydrogen (secondary N) is 2. The summed E-state index contributed by atoms with van der Waals surface area (Å²) in [4.78, 5) is 32.1. The van der Waals surface area contributed by atoms with Crippen LogP contribution in [0.2, 0.25) is 0 Å². The minimum absolute atomic E-state index is 0.0152. The van der Waals surface area contributed by atoms with Gasteiger partial charge in [0.1, 0.15) is 0 Å². The topological polar surface area (TPSA) is 83.6 Å². The van der Waals surface area contributed by atoms with Crippen LogP contribution in [0.1, 0.15) is 23.5 Å². The average Bonchev–Trinajstić information content (AvgIpc) is 3.22. The minimum atomic E-state index is -0.653. The molecule has 8 heteroatoms. The number of carbonyl (C=O) groups excluding carboxylic acids is 2. The Labute approximate surface area is 162 Å². The van der Waals surface area contributed by atoms with Gasteiger partial charge < -0.3 is 15.4 Å². The standard InChI is InChI=1S/C19H24N4O3S/c1-14(17(16-6-4-12-27-16)23-8-10-26-11-9-23)22-19(25)18(24)21-13-15-5-2-3-7-20-15/h2-7,12,14,17H,8-11,13H2,1H3,(H,21,24)(H,22,25). The van der Waals surface area contributed by atoms with Crippen molar-refractivity contribution in [3.05, 3.63) is 52.5 Å². The molecule has 1 aliphatic rings. The van der Waals surface area contributed by atoms with Crippen molar-refractivity contribution in [2.24, 2.45) is 0 Å². The van der Waals surface area contributed by atoms with E-state index >= 15 is 0 Å². The van der Waals surface area contributed by atoms with Crippen LogP contribution in [0.15, 0.2) is 41.9 Å².